The molecule has 2 aromatic heterocycles. The Balaban J connectivity index is 1.88. The zero-order valence-corrected chi connectivity index (χ0v) is 13.2. The summed E-state index contributed by atoms with van der Waals surface area (Å²) in [5.41, 5.74) is 0.552. The van der Waals surface area contributed by atoms with Gasteiger partial charge in [0.1, 0.15) is 16.5 Å². The second-order valence-electron chi connectivity index (χ2n) is 4.38. The van der Waals surface area contributed by atoms with E-state index in [-0.39, 0.29) is 11.7 Å². The first-order valence-corrected chi connectivity index (χ1v) is 8.52. The van der Waals surface area contributed by atoms with Crippen LogP contribution in [0.3, 0.4) is 0 Å². The molecular weight excluding hydrogens is 321 g/mol. The highest BCUT2D eigenvalue weighted by Crippen LogP contribution is 2.26. The first kappa shape index (κ1) is 14.8. The summed E-state index contributed by atoms with van der Waals surface area (Å²) in [7, 11) is 0. The molecule has 7 heteroatoms. The number of carbonyl (C=O) groups excluding carboxylic acids is 1. The van der Waals surface area contributed by atoms with Crippen molar-refractivity contribution in [3.8, 4) is 5.69 Å². The van der Waals surface area contributed by atoms with Crippen molar-refractivity contribution < 1.29 is 9.18 Å². The molecule has 0 saturated heterocycles. The molecule has 22 heavy (non-hydrogen) atoms. The number of hydrogen-bond donors (Lipinski definition) is 1. The lowest BCUT2D eigenvalue weighted by Crippen LogP contribution is -2.14. The van der Waals surface area contributed by atoms with Crippen LogP contribution in [0.2, 0.25) is 0 Å². The van der Waals surface area contributed by atoms with Crippen molar-refractivity contribution in [1.82, 2.24) is 9.78 Å². The van der Waals surface area contributed by atoms with Gasteiger partial charge in [-0.1, -0.05) is 6.07 Å². The third-order valence-corrected chi connectivity index (χ3v) is 4.81. The van der Waals surface area contributed by atoms with Gasteiger partial charge in [0.25, 0.3) is 5.91 Å². The highest BCUT2D eigenvalue weighted by Gasteiger charge is 2.15. The van der Waals surface area contributed by atoms with Crippen LogP contribution in [-0.2, 0) is 0 Å². The Bertz CT molecular complexity index is 812. The molecule has 0 aliphatic heterocycles. The fourth-order valence-electron chi connectivity index (χ4n) is 2.01. The number of nitrogens with one attached hydrogen (secondary N) is 1. The number of anilines is 1. The fraction of sp³-hybridized carbons (Fsp3) is 0.0667. The summed E-state index contributed by atoms with van der Waals surface area (Å²) in [5, 5.41) is 8.84. The van der Waals surface area contributed by atoms with Crippen molar-refractivity contribution in [3.63, 3.8) is 0 Å². The summed E-state index contributed by atoms with van der Waals surface area (Å²) in [6.45, 7) is 0. The number of carbonyl (C=O) groups is 1. The van der Waals surface area contributed by atoms with Gasteiger partial charge in [0.05, 0.1) is 11.9 Å². The molecule has 3 aromatic rings. The van der Waals surface area contributed by atoms with E-state index in [9.17, 15) is 9.18 Å². The zero-order chi connectivity index (χ0) is 15.5. The van der Waals surface area contributed by atoms with Gasteiger partial charge in [0.2, 0.25) is 0 Å². The molecule has 4 nitrogen and oxygen atoms in total. The molecule has 2 heterocycles. The predicted molar refractivity (Wildman–Crippen MR) is 87.6 cm³/mol. The third kappa shape index (κ3) is 2.90. The van der Waals surface area contributed by atoms with Gasteiger partial charge in [-0.15, -0.1) is 23.1 Å². The van der Waals surface area contributed by atoms with Crippen LogP contribution in [0, 0.1) is 5.82 Å². The Morgan fingerprint density at radius 3 is 3.00 bits per heavy atom. The normalized spacial score (nSPS) is 10.6. The summed E-state index contributed by atoms with van der Waals surface area (Å²) in [5.74, 6) is -0.0539. The number of nitrogens with zero attached hydrogens (tertiary/aromatic N) is 2. The maximum absolute atomic E-state index is 13.3. The lowest BCUT2D eigenvalue weighted by atomic mass is 10.3. The summed E-state index contributed by atoms with van der Waals surface area (Å²) < 4.78 is 14.8. The molecule has 0 saturated carbocycles. The lowest BCUT2D eigenvalue weighted by molar-refractivity contribution is 0.102. The average molecular weight is 333 g/mol. The van der Waals surface area contributed by atoms with E-state index in [1.54, 1.807) is 24.4 Å². The number of rotatable bonds is 4. The van der Waals surface area contributed by atoms with E-state index in [4.69, 9.17) is 0 Å². The number of thioether (sulfide) groups is 1. The third-order valence-electron chi connectivity index (χ3n) is 2.99. The minimum Gasteiger partial charge on any atom is -0.306 e. The molecule has 0 aliphatic carbocycles. The van der Waals surface area contributed by atoms with E-state index >= 15 is 0 Å². The van der Waals surface area contributed by atoms with E-state index in [1.807, 2.05) is 17.7 Å². The Morgan fingerprint density at radius 1 is 1.36 bits per heavy atom. The smallest absolute Gasteiger partial charge is 0.268 e. The summed E-state index contributed by atoms with van der Waals surface area (Å²) in [6.07, 6.45) is 3.49. The number of benzene rings is 1. The van der Waals surface area contributed by atoms with Gasteiger partial charge >= 0.3 is 0 Å². The van der Waals surface area contributed by atoms with Crippen molar-refractivity contribution in [2.24, 2.45) is 0 Å². The topological polar surface area (TPSA) is 46.9 Å². The Morgan fingerprint density at radius 2 is 2.23 bits per heavy atom. The highest BCUT2D eigenvalue weighted by molar-refractivity contribution is 7.98. The van der Waals surface area contributed by atoms with Gasteiger partial charge in [-0.05, 0) is 35.9 Å². The Kier molecular flexibility index (Phi) is 4.26. The summed E-state index contributed by atoms with van der Waals surface area (Å²) in [4.78, 5) is 14.0. The van der Waals surface area contributed by atoms with Crippen LogP contribution < -0.4 is 5.32 Å². The minimum absolute atomic E-state index is 0.197. The summed E-state index contributed by atoms with van der Waals surface area (Å²) in [6, 6.07) is 9.64. The number of halogens is 1. The molecule has 0 unspecified atom stereocenters. The molecule has 112 valence electrons. The molecule has 0 fully saturated rings. The van der Waals surface area contributed by atoms with Crippen LogP contribution in [0.5, 0.6) is 0 Å². The van der Waals surface area contributed by atoms with E-state index < -0.39 is 0 Å². The molecule has 1 amide bonds. The second-order valence-corrected chi connectivity index (χ2v) is 6.14. The van der Waals surface area contributed by atoms with Crippen LogP contribution in [-0.4, -0.2) is 21.9 Å². The van der Waals surface area contributed by atoms with Gasteiger partial charge in [0.15, 0.2) is 0 Å². The molecule has 0 radical (unpaired) electrons. The average Bonchev–Trinajstić information content (AvgIpc) is 3.15. The molecule has 0 spiro atoms. The van der Waals surface area contributed by atoms with Crippen molar-refractivity contribution in [1.29, 1.82) is 0 Å². The highest BCUT2D eigenvalue weighted by atomic mass is 32.2. The Hall–Kier alpha value is -2.12. The van der Waals surface area contributed by atoms with Crippen LogP contribution >= 0.6 is 23.1 Å². The van der Waals surface area contributed by atoms with Crippen molar-refractivity contribution in [3.05, 3.63) is 58.7 Å². The second kappa shape index (κ2) is 6.33. The van der Waals surface area contributed by atoms with Crippen LogP contribution in [0.1, 0.15) is 9.67 Å². The predicted octanol–water partition coefficient (Wildman–Crippen LogP) is 4.05. The number of hydrogen-bond acceptors (Lipinski definition) is 4. The minimum atomic E-state index is -0.354. The zero-order valence-electron chi connectivity index (χ0n) is 11.6. The van der Waals surface area contributed by atoms with Gasteiger partial charge in [-0.2, -0.15) is 5.10 Å². The van der Waals surface area contributed by atoms with E-state index in [0.717, 1.165) is 4.90 Å². The van der Waals surface area contributed by atoms with E-state index in [1.165, 1.54) is 39.9 Å². The number of amides is 1. The summed E-state index contributed by atoms with van der Waals surface area (Å²) >= 11 is 2.91. The maximum Gasteiger partial charge on any atom is 0.268 e. The van der Waals surface area contributed by atoms with Crippen molar-refractivity contribution in [2.45, 2.75) is 4.90 Å². The largest absolute Gasteiger partial charge is 0.306 e. The number of thiophene rings is 1. The molecule has 0 atom stereocenters. The van der Waals surface area contributed by atoms with E-state index in [2.05, 4.69) is 10.4 Å². The van der Waals surface area contributed by atoms with Crippen molar-refractivity contribution in [2.75, 3.05) is 11.6 Å². The SMILES string of the molecule is CSc1ccsc1C(=O)Nc1ccnn1-c1cccc(F)c1. The van der Waals surface area contributed by atoms with Crippen molar-refractivity contribution >= 4 is 34.8 Å². The first-order valence-electron chi connectivity index (χ1n) is 6.42. The molecular formula is C15H12FN3OS2. The molecule has 3 rings (SSSR count). The number of aromatic nitrogens is 2. The van der Waals surface area contributed by atoms with Crippen LogP contribution in [0.15, 0.2) is 52.9 Å². The molecule has 0 aliphatic rings. The first-order chi connectivity index (χ1) is 10.7. The van der Waals surface area contributed by atoms with Crippen LogP contribution in [0.25, 0.3) is 5.69 Å². The molecule has 0 bridgehead atoms. The quantitative estimate of drug-likeness (QED) is 0.733. The standard InChI is InChI=1S/C15H12FN3OS2/c1-21-12-6-8-22-14(12)15(20)18-13-5-7-17-19(13)11-4-2-3-10(16)9-11/h2-9H,1H3,(H,18,20). The maximum atomic E-state index is 13.3. The monoisotopic (exact) mass is 333 g/mol. The van der Waals surface area contributed by atoms with Gasteiger partial charge < -0.3 is 5.32 Å². The van der Waals surface area contributed by atoms with Gasteiger partial charge in [-0.3, -0.25) is 4.79 Å². The molecule has 1 aromatic carbocycles. The fourth-order valence-corrected chi connectivity index (χ4v) is 3.65. The van der Waals surface area contributed by atoms with E-state index in [0.29, 0.717) is 16.4 Å². The molecule has 1 N–H and O–H groups in total. The lowest BCUT2D eigenvalue weighted by Gasteiger charge is -2.09. The van der Waals surface area contributed by atoms with Gasteiger partial charge in [0, 0.05) is 11.0 Å². The van der Waals surface area contributed by atoms with Crippen LogP contribution in [0.4, 0.5) is 10.2 Å². The Labute approximate surface area is 135 Å². The van der Waals surface area contributed by atoms with Gasteiger partial charge in [-0.25, -0.2) is 9.07 Å².